The molecule has 3 rings (SSSR count). The smallest absolute Gasteiger partial charge is 0.0262 e. The van der Waals surface area contributed by atoms with Crippen LogP contribution in [0.3, 0.4) is 0 Å². The molecule has 3 aliphatic rings. The first-order valence-corrected chi connectivity index (χ1v) is 10.3. The van der Waals surface area contributed by atoms with Gasteiger partial charge in [-0.25, -0.2) is 0 Å². The third-order valence-corrected chi connectivity index (χ3v) is 11.8. The second-order valence-electron chi connectivity index (χ2n) is 6.81. The van der Waals surface area contributed by atoms with Gasteiger partial charge in [-0.15, -0.1) is 0 Å². The molecule has 3 fully saturated rings. The van der Waals surface area contributed by atoms with Crippen molar-refractivity contribution in [2.24, 2.45) is 4.74 Å². The highest BCUT2D eigenvalue weighted by atomic mass is 31.2. The lowest BCUT2D eigenvalue weighted by Crippen LogP contribution is -2.23. The molecule has 0 aromatic heterocycles. The molecule has 0 bridgehead atoms. The Morgan fingerprint density at radius 3 is 1.11 bits per heavy atom. The summed E-state index contributed by atoms with van der Waals surface area (Å²) in [5.74, 6) is 0. The Kier molecular flexibility index (Phi) is 4.18. The van der Waals surface area contributed by atoms with Crippen molar-refractivity contribution in [3.05, 3.63) is 0 Å². The topological polar surface area (TPSA) is 12.4 Å². The summed E-state index contributed by atoms with van der Waals surface area (Å²) < 4.78 is 5.28. The molecule has 0 unspecified atom stereocenters. The minimum Gasteiger partial charge on any atom is -0.306 e. The molecule has 1 nitrogen and oxygen atoms in total. The minimum atomic E-state index is -0.995. The summed E-state index contributed by atoms with van der Waals surface area (Å²) in [5.41, 5.74) is 3.15. The third-order valence-electron chi connectivity index (χ3n) is 6.08. The molecule has 0 atom stereocenters. The van der Waals surface area contributed by atoms with Crippen LogP contribution in [0.5, 0.6) is 0 Å². The largest absolute Gasteiger partial charge is 0.306 e. The first-order chi connectivity index (χ1) is 8.88. The second kappa shape index (κ2) is 5.70. The van der Waals surface area contributed by atoms with E-state index in [1.807, 2.05) is 0 Å². The Balaban J connectivity index is 1.93. The van der Waals surface area contributed by atoms with E-state index in [-0.39, 0.29) is 0 Å². The highest BCUT2D eigenvalue weighted by molar-refractivity contribution is 7.68. The van der Waals surface area contributed by atoms with Crippen LogP contribution in [0.25, 0.3) is 0 Å². The van der Waals surface area contributed by atoms with Crippen molar-refractivity contribution in [2.45, 2.75) is 94.0 Å². The fourth-order valence-corrected chi connectivity index (χ4v) is 11.7. The molecule has 0 radical (unpaired) electrons. The summed E-state index contributed by atoms with van der Waals surface area (Å²) >= 11 is 0. The van der Waals surface area contributed by atoms with Gasteiger partial charge in [-0.3, -0.25) is 0 Å². The highest BCUT2D eigenvalue weighted by Gasteiger charge is 2.45. The lowest BCUT2D eigenvalue weighted by Gasteiger charge is -2.41. The van der Waals surface area contributed by atoms with E-state index < -0.39 is 7.05 Å². The lowest BCUT2D eigenvalue weighted by molar-refractivity contribution is 0.760. The van der Waals surface area contributed by atoms with E-state index in [0.717, 1.165) is 17.0 Å². The standard InChI is InChI=1S/C16H30NP/c1-17-18(14-8-2-3-9-14,15-10-4-5-11-15)16-12-6-7-13-16/h14-16H,2-13H2,1H3. The first-order valence-electron chi connectivity index (χ1n) is 8.37. The molecule has 0 heterocycles. The highest BCUT2D eigenvalue weighted by Crippen LogP contribution is 2.71. The summed E-state index contributed by atoms with van der Waals surface area (Å²) in [4.78, 5) is 0. The van der Waals surface area contributed by atoms with Gasteiger partial charge in [0, 0.05) is 7.05 Å². The molecule has 0 saturated heterocycles. The van der Waals surface area contributed by atoms with Gasteiger partial charge < -0.3 is 4.74 Å². The van der Waals surface area contributed by atoms with Gasteiger partial charge in [0.25, 0.3) is 0 Å². The van der Waals surface area contributed by atoms with Crippen LogP contribution in [0, 0.1) is 0 Å². The van der Waals surface area contributed by atoms with Crippen LogP contribution in [0.15, 0.2) is 4.74 Å². The van der Waals surface area contributed by atoms with Gasteiger partial charge in [0.2, 0.25) is 0 Å². The van der Waals surface area contributed by atoms with E-state index in [2.05, 4.69) is 7.05 Å². The fraction of sp³-hybridized carbons (Fsp3) is 1.00. The molecule has 0 aliphatic heterocycles. The van der Waals surface area contributed by atoms with Gasteiger partial charge in [0.1, 0.15) is 0 Å². The van der Waals surface area contributed by atoms with Crippen LogP contribution in [-0.2, 0) is 0 Å². The normalized spacial score (nSPS) is 28.3. The van der Waals surface area contributed by atoms with E-state index in [1.165, 1.54) is 77.0 Å². The molecular formula is C16H30NP. The molecule has 0 N–H and O–H groups in total. The van der Waals surface area contributed by atoms with Crippen molar-refractivity contribution in [2.75, 3.05) is 7.05 Å². The Morgan fingerprint density at radius 1 is 0.611 bits per heavy atom. The van der Waals surface area contributed by atoms with Crippen molar-refractivity contribution in [3.63, 3.8) is 0 Å². The second-order valence-corrected chi connectivity index (χ2v) is 11.0. The number of rotatable bonds is 3. The van der Waals surface area contributed by atoms with E-state index in [4.69, 9.17) is 4.74 Å². The molecule has 3 aliphatic carbocycles. The van der Waals surface area contributed by atoms with Crippen molar-refractivity contribution in [1.29, 1.82) is 0 Å². The number of hydrogen-bond donors (Lipinski definition) is 0. The molecule has 0 aromatic rings. The molecule has 104 valence electrons. The summed E-state index contributed by atoms with van der Waals surface area (Å²) in [5, 5.41) is 0. The predicted molar refractivity (Wildman–Crippen MR) is 82.0 cm³/mol. The molecular weight excluding hydrogens is 237 g/mol. The van der Waals surface area contributed by atoms with Crippen molar-refractivity contribution >= 4 is 7.05 Å². The van der Waals surface area contributed by atoms with E-state index in [9.17, 15) is 0 Å². The van der Waals surface area contributed by atoms with E-state index in [0.29, 0.717) is 0 Å². The maximum absolute atomic E-state index is 5.28. The van der Waals surface area contributed by atoms with Crippen molar-refractivity contribution < 1.29 is 0 Å². The van der Waals surface area contributed by atoms with Gasteiger partial charge >= 0.3 is 0 Å². The first kappa shape index (κ1) is 13.2. The average molecular weight is 267 g/mol. The molecule has 0 aromatic carbocycles. The molecule has 0 spiro atoms. The molecule has 3 saturated carbocycles. The van der Waals surface area contributed by atoms with Gasteiger partial charge in [-0.05, 0) is 62.6 Å². The SMILES string of the molecule is CN=P(C1CCCC1)(C1CCCC1)C1CCCC1. The predicted octanol–water partition coefficient (Wildman–Crippen LogP) is 5.65. The minimum absolute atomic E-state index is 0.995. The maximum atomic E-state index is 5.28. The van der Waals surface area contributed by atoms with Crippen LogP contribution in [0.1, 0.15) is 77.0 Å². The molecule has 18 heavy (non-hydrogen) atoms. The Labute approximate surface area is 113 Å². The Bertz CT molecular complexity index is 270. The van der Waals surface area contributed by atoms with Crippen molar-refractivity contribution in [1.82, 2.24) is 0 Å². The summed E-state index contributed by atoms with van der Waals surface area (Å²) in [6.45, 7) is 0. The van der Waals surface area contributed by atoms with E-state index >= 15 is 0 Å². The third kappa shape index (κ3) is 2.11. The van der Waals surface area contributed by atoms with Gasteiger partial charge in [0.05, 0.1) is 0 Å². The van der Waals surface area contributed by atoms with Crippen LogP contribution in [0.2, 0.25) is 0 Å². The fourth-order valence-electron chi connectivity index (χ4n) is 5.34. The zero-order chi connectivity index (χ0) is 12.4. The monoisotopic (exact) mass is 267 g/mol. The van der Waals surface area contributed by atoms with Crippen LogP contribution < -0.4 is 0 Å². The number of hydrogen-bond acceptors (Lipinski definition) is 1. The van der Waals surface area contributed by atoms with Crippen molar-refractivity contribution in [3.8, 4) is 0 Å². The average Bonchev–Trinajstić information content (AvgIpc) is 3.16. The zero-order valence-corrected chi connectivity index (χ0v) is 13.0. The Hall–Kier alpha value is 0.230. The molecule has 2 heteroatoms. The van der Waals surface area contributed by atoms with Gasteiger partial charge in [0.15, 0.2) is 0 Å². The zero-order valence-electron chi connectivity index (χ0n) is 12.1. The summed E-state index contributed by atoms with van der Waals surface area (Å²) in [7, 11) is 1.22. The van der Waals surface area contributed by atoms with Crippen LogP contribution in [-0.4, -0.2) is 24.0 Å². The molecule has 0 amide bonds. The number of nitrogens with zero attached hydrogens (tertiary/aromatic N) is 1. The van der Waals surface area contributed by atoms with Gasteiger partial charge in [-0.1, -0.05) is 38.5 Å². The van der Waals surface area contributed by atoms with Crippen LogP contribution >= 0.6 is 7.05 Å². The summed E-state index contributed by atoms with van der Waals surface area (Å²) in [6.07, 6.45) is 18.2. The lowest BCUT2D eigenvalue weighted by atomic mass is 10.3. The van der Waals surface area contributed by atoms with Gasteiger partial charge in [-0.2, -0.15) is 0 Å². The summed E-state index contributed by atoms with van der Waals surface area (Å²) in [6, 6.07) is 0. The van der Waals surface area contributed by atoms with E-state index in [1.54, 1.807) is 0 Å². The Morgan fingerprint density at radius 2 is 0.889 bits per heavy atom. The van der Waals surface area contributed by atoms with Crippen LogP contribution in [0.4, 0.5) is 0 Å². The maximum Gasteiger partial charge on any atom is 0.0262 e. The quantitative estimate of drug-likeness (QED) is 0.586.